The Morgan fingerprint density at radius 3 is 2.54 bits per heavy atom. The summed E-state index contributed by atoms with van der Waals surface area (Å²) in [5.41, 5.74) is 1.40. The Morgan fingerprint density at radius 2 is 1.89 bits per heavy atom. The number of rotatable bonds is 5. The van der Waals surface area contributed by atoms with Gasteiger partial charge in [-0.3, -0.25) is 9.59 Å². The largest absolute Gasteiger partial charge is 0.381 e. The van der Waals surface area contributed by atoms with Crippen LogP contribution in [-0.2, 0) is 16.1 Å². The number of benzene rings is 1. The van der Waals surface area contributed by atoms with Crippen LogP contribution in [0.2, 0.25) is 5.02 Å². The van der Waals surface area contributed by atoms with Gasteiger partial charge in [0.2, 0.25) is 11.9 Å². The molecule has 1 saturated heterocycles. The summed E-state index contributed by atoms with van der Waals surface area (Å²) in [6.07, 6.45) is 3.36. The van der Waals surface area contributed by atoms with Crippen molar-refractivity contribution in [1.29, 1.82) is 0 Å². The molecule has 0 bridgehead atoms. The smallest absolute Gasteiger partial charge is 0.255 e. The fourth-order valence-electron chi connectivity index (χ4n) is 4.39. The molecular weight excluding hydrogens is 466 g/mol. The SMILES string of the molecule is CN(C(=O)C(C)(C)N1Cc2ccc(-c3nc(NC4CCOCC4)ncc3Cl)cc2C1=O)C(C)(C)C. The zero-order chi connectivity index (χ0) is 25.5. The molecule has 0 unspecified atom stereocenters. The third-order valence-corrected chi connectivity index (χ3v) is 7.27. The minimum atomic E-state index is -0.994. The average Bonchev–Trinajstić information content (AvgIpc) is 3.16. The van der Waals surface area contributed by atoms with Crippen LogP contribution in [0.5, 0.6) is 0 Å². The lowest BCUT2D eigenvalue weighted by atomic mass is 9.97. The number of fused-ring (bicyclic) bond motifs is 1. The van der Waals surface area contributed by atoms with E-state index in [0.29, 0.717) is 42.0 Å². The molecule has 2 aromatic rings. The van der Waals surface area contributed by atoms with Gasteiger partial charge < -0.3 is 19.9 Å². The Kier molecular flexibility index (Phi) is 6.81. The molecule has 2 aliphatic rings. The minimum Gasteiger partial charge on any atom is -0.381 e. The first-order chi connectivity index (χ1) is 16.4. The molecule has 3 heterocycles. The molecule has 2 aliphatic heterocycles. The number of carbonyl (C=O) groups excluding carboxylic acids is 2. The first-order valence-electron chi connectivity index (χ1n) is 12.0. The van der Waals surface area contributed by atoms with Crippen molar-refractivity contribution in [3.05, 3.63) is 40.5 Å². The predicted octanol–water partition coefficient (Wildman–Crippen LogP) is 4.38. The van der Waals surface area contributed by atoms with E-state index < -0.39 is 5.54 Å². The van der Waals surface area contributed by atoms with Crippen LogP contribution in [0.3, 0.4) is 0 Å². The van der Waals surface area contributed by atoms with Crippen molar-refractivity contribution in [2.75, 3.05) is 25.6 Å². The lowest BCUT2D eigenvalue weighted by Gasteiger charge is -2.41. The second-order valence-corrected chi connectivity index (χ2v) is 11.2. The minimum absolute atomic E-state index is 0.103. The molecule has 0 saturated carbocycles. The van der Waals surface area contributed by atoms with Crippen LogP contribution in [0.1, 0.15) is 63.4 Å². The summed E-state index contributed by atoms with van der Waals surface area (Å²) >= 11 is 6.46. The quantitative estimate of drug-likeness (QED) is 0.657. The van der Waals surface area contributed by atoms with Gasteiger partial charge in [0.25, 0.3) is 5.91 Å². The molecule has 2 amide bonds. The molecule has 1 N–H and O–H groups in total. The van der Waals surface area contributed by atoms with Crippen molar-refractivity contribution in [2.45, 2.75) is 71.1 Å². The Labute approximate surface area is 212 Å². The highest BCUT2D eigenvalue weighted by atomic mass is 35.5. The number of anilines is 1. The van der Waals surface area contributed by atoms with Gasteiger partial charge in [-0.05, 0) is 59.1 Å². The van der Waals surface area contributed by atoms with Crippen LogP contribution in [-0.4, -0.2) is 69.0 Å². The van der Waals surface area contributed by atoms with Gasteiger partial charge in [-0.25, -0.2) is 9.97 Å². The third kappa shape index (κ3) is 5.00. The van der Waals surface area contributed by atoms with Gasteiger partial charge in [0.15, 0.2) is 0 Å². The Hall–Kier alpha value is -2.71. The molecule has 1 aromatic heterocycles. The number of ether oxygens (including phenoxy) is 1. The molecule has 0 radical (unpaired) electrons. The van der Waals surface area contributed by atoms with E-state index in [1.807, 2.05) is 39.0 Å². The van der Waals surface area contributed by atoms with E-state index in [-0.39, 0.29) is 23.4 Å². The number of likely N-dealkylation sites (N-methyl/N-ethyl adjacent to an activating group) is 1. The van der Waals surface area contributed by atoms with Gasteiger partial charge >= 0.3 is 0 Å². The van der Waals surface area contributed by atoms with Crippen LogP contribution in [0, 0.1) is 0 Å². The van der Waals surface area contributed by atoms with Crippen LogP contribution in [0.4, 0.5) is 5.95 Å². The number of hydrogen-bond donors (Lipinski definition) is 1. The van der Waals surface area contributed by atoms with Gasteiger partial charge in [-0.1, -0.05) is 23.7 Å². The highest BCUT2D eigenvalue weighted by Crippen LogP contribution is 2.35. The number of hydrogen-bond acceptors (Lipinski definition) is 6. The van der Waals surface area contributed by atoms with E-state index >= 15 is 0 Å². The molecule has 35 heavy (non-hydrogen) atoms. The second kappa shape index (κ2) is 9.39. The molecule has 1 fully saturated rings. The van der Waals surface area contributed by atoms with E-state index in [1.54, 1.807) is 36.9 Å². The van der Waals surface area contributed by atoms with Gasteiger partial charge in [0.1, 0.15) is 5.54 Å². The molecule has 0 spiro atoms. The Morgan fingerprint density at radius 1 is 1.20 bits per heavy atom. The van der Waals surface area contributed by atoms with Gasteiger partial charge in [0, 0.05) is 49.5 Å². The lowest BCUT2D eigenvalue weighted by molar-refractivity contribution is -0.144. The number of carbonyl (C=O) groups is 2. The molecule has 1 aromatic carbocycles. The molecule has 0 aliphatic carbocycles. The molecule has 188 valence electrons. The second-order valence-electron chi connectivity index (χ2n) is 10.8. The summed E-state index contributed by atoms with van der Waals surface area (Å²) in [4.78, 5) is 39.1. The van der Waals surface area contributed by atoms with Crippen LogP contribution in [0.25, 0.3) is 11.3 Å². The van der Waals surface area contributed by atoms with Crippen LogP contribution in [0.15, 0.2) is 24.4 Å². The van der Waals surface area contributed by atoms with Gasteiger partial charge in [-0.2, -0.15) is 0 Å². The summed E-state index contributed by atoms with van der Waals surface area (Å²) in [6, 6.07) is 5.90. The summed E-state index contributed by atoms with van der Waals surface area (Å²) < 4.78 is 5.42. The summed E-state index contributed by atoms with van der Waals surface area (Å²) in [5, 5.41) is 3.77. The molecule has 8 nitrogen and oxygen atoms in total. The zero-order valence-electron chi connectivity index (χ0n) is 21.3. The number of nitrogens with one attached hydrogen (secondary N) is 1. The Bertz CT molecular complexity index is 1140. The normalized spacial score (nSPS) is 16.9. The summed E-state index contributed by atoms with van der Waals surface area (Å²) in [6.45, 7) is 11.3. The maximum atomic E-state index is 13.5. The number of halogens is 1. The number of nitrogens with zero attached hydrogens (tertiary/aromatic N) is 4. The molecule has 0 atom stereocenters. The van der Waals surface area contributed by atoms with Crippen molar-refractivity contribution >= 4 is 29.4 Å². The van der Waals surface area contributed by atoms with Crippen LogP contribution >= 0.6 is 11.6 Å². The molecule has 4 rings (SSSR count). The highest BCUT2D eigenvalue weighted by Gasteiger charge is 2.45. The number of amides is 2. The fourth-order valence-corrected chi connectivity index (χ4v) is 4.59. The average molecular weight is 500 g/mol. The van der Waals surface area contributed by atoms with Crippen molar-refractivity contribution in [3.8, 4) is 11.3 Å². The molecule has 9 heteroatoms. The van der Waals surface area contributed by atoms with Crippen molar-refractivity contribution in [3.63, 3.8) is 0 Å². The first kappa shape index (κ1) is 25.4. The van der Waals surface area contributed by atoms with Crippen LogP contribution < -0.4 is 5.32 Å². The maximum Gasteiger partial charge on any atom is 0.255 e. The lowest BCUT2D eigenvalue weighted by Crippen LogP contribution is -2.58. The van der Waals surface area contributed by atoms with E-state index in [0.717, 1.165) is 24.0 Å². The van der Waals surface area contributed by atoms with Crippen molar-refractivity contribution < 1.29 is 14.3 Å². The predicted molar refractivity (Wildman–Crippen MR) is 136 cm³/mol. The van der Waals surface area contributed by atoms with Crippen molar-refractivity contribution in [2.24, 2.45) is 0 Å². The standard InChI is InChI=1S/C26H34ClN5O3/c1-25(2,3)31(6)23(34)26(4,5)32-15-17-8-7-16(13-19(17)22(32)33)21-20(27)14-28-24(30-21)29-18-9-11-35-12-10-18/h7-8,13-14,18H,9-12,15H2,1-6H3,(H,28,29,30). The van der Waals surface area contributed by atoms with E-state index in [9.17, 15) is 9.59 Å². The van der Waals surface area contributed by atoms with E-state index in [2.05, 4.69) is 15.3 Å². The molecular formula is C26H34ClN5O3. The third-order valence-electron chi connectivity index (χ3n) is 6.99. The zero-order valence-corrected chi connectivity index (χ0v) is 22.1. The summed E-state index contributed by atoms with van der Waals surface area (Å²) in [5.74, 6) is 0.226. The Balaban J connectivity index is 1.59. The van der Waals surface area contributed by atoms with Crippen molar-refractivity contribution in [1.82, 2.24) is 19.8 Å². The summed E-state index contributed by atoms with van der Waals surface area (Å²) in [7, 11) is 1.78. The van der Waals surface area contributed by atoms with Gasteiger partial charge in [0.05, 0.1) is 16.9 Å². The number of aromatic nitrogens is 2. The highest BCUT2D eigenvalue weighted by molar-refractivity contribution is 6.33. The topological polar surface area (TPSA) is 87.7 Å². The van der Waals surface area contributed by atoms with E-state index in [1.165, 1.54) is 0 Å². The first-order valence-corrected chi connectivity index (χ1v) is 12.4. The maximum absolute atomic E-state index is 13.5. The fraction of sp³-hybridized carbons (Fsp3) is 0.538. The monoisotopic (exact) mass is 499 g/mol. The van der Waals surface area contributed by atoms with Gasteiger partial charge in [-0.15, -0.1) is 0 Å². The van der Waals surface area contributed by atoms with E-state index in [4.69, 9.17) is 16.3 Å².